The van der Waals surface area contributed by atoms with Gasteiger partial charge < -0.3 is 10.2 Å². The molecule has 3 atom stereocenters. The Bertz CT molecular complexity index is 194. The quantitative estimate of drug-likeness (QED) is 0.648. The minimum absolute atomic E-state index is 0.614. The molecule has 0 spiro atoms. The normalized spacial score (nSPS) is 17.2. The second-order valence-corrected chi connectivity index (χ2v) is 5.60. The molecular formula is C15H35N3. The molecule has 0 aromatic rings. The van der Waals surface area contributed by atoms with Crippen LogP contribution in [0.4, 0.5) is 0 Å². The van der Waals surface area contributed by atoms with Crippen molar-refractivity contribution in [3.05, 3.63) is 0 Å². The van der Waals surface area contributed by atoms with Crippen molar-refractivity contribution in [1.82, 2.24) is 15.1 Å². The standard InChI is InChI=1S/C15H35N3/c1-8-11-14(16-5)15(9-2)18(10-3)13(4)12-17(6)7/h13-16H,8-12H2,1-7H3. The molecular weight excluding hydrogens is 222 g/mol. The minimum Gasteiger partial charge on any atom is -0.315 e. The van der Waals surface area contributed by atoms with Gasteiger partial charge in [0.2, 0.25) is 0 Å². The van der Waals surface area contributed by atoms with E-state index in [4.69, 9.17) is 0 Å². The second kappa shape index (κ2) is 9.76. The van der Waals surface area contributed by atoms with Gasteiger partial charge in [0.1, 0.15) is 0 Å². The minimum atomic E-state index is 0.614. The molecule has 3 nitrogen and oxygen atoms in total. The molecule has 0 saturated heterocycles. The van der Waals surface area contributed by atoms with Gasteiger partial charge in [-0.05, 0) is 47.5 Å². The molecule has 3 heteroatoms. The first kappa shape index (κ1) is 17.9. The zero-order valence-electron chi connectivity index (χ0n) is 13.7. The molecule has 0 amide bonds. The molecule has 110 valence electrons. The summed E-state index contributed by atoms with van der Waals surface area (Å²) in [5, 5.41) is 3.52. The predicted molar refractivity (Wildman–Crippen MR) is 82.2 cm³/mol. The average Bonchev–Trinajstić information content (AvgIpc) is 2.32. The van der Waals surface area contributed by atoms with Crippen LogP contribution in [0.25, 0.3) is 0 Å². The van der Waals surface area contributed by atoms with Crippen molar-refractivity contribution in [3.63, 3.8) is 0 Å². The smallest absolute Gasteiger partial charge is 0.0249 e. The Labute approximate surface area is 115 Å². The molecule has 3 unspecified atom stereocenters. The Hall–Kier alpha value is -0.120. The van der Waals surface area contributed by atoms with Gasteiger partial charge in [0.25, 0.3) is 0 Å². The van der Waals surface area contributed by atoms with Gasteiger partial charge in [-0.1, -0.05) is 27.2 Å². The van der Waals surface area contributed by atoms with E-state index in [1.54, 1.807) is 0 Å². The molecule has 0 heterocycles. The third kappa shape index (κ3) is 5.68. The van der Waals surface area contributed by atoms with Gasteiger partial charge in [-0.3, -0.25) is 4.90 Å². The van der Waals surface area contributed by atoms with Crippen molar-refractivity contribution in [1.29, 1.82) is 0 Å². The molecule has 0 aliphatic rings. The molecule has 0 bridgehead atoms. The van der Waals surface area contributed by atoms with E-state index in [9.17, 15) is 0 Å². The highest BCUT2D eigenvalue weighted by Gasteiger charge is 2.26. The molecule has 0 fully saturated rings. The fourth-order valence-electron chi connectivity index (χ4n) is 3.10. The monoisotopic (exact) mass is 257 g/mol. The number of nitrogens with one attached hydrogen (secondary N) is 1. The van der Waals surface area contributed by atoms with Crippen molar-refractivity contribution in [2.45, 2.75) is 65.1 Å². The average molecular weight is 257 g/mol. The van der Waals surface area contributed by atoms with Crippen molar-refractivity contribution in [3.8, 4) is 0 Å². The van der Waals surface area contributed by atoms with Gasteiger partial charge in [-0.2, -0.15) is 0 Å². The van der Waals surface area contributed by atoms with Crippen LogP contribution in [-0.2, 0) is 0 Å². The molecule has 1 N–H and O–H groups in total. The van der Waals surface area contributed by atoms with Gasteiger partial charge in [0.05, 0.1) is 0 Å². The summed E-state index contributed by atoms with van der Waals surface area (Å²) in [6, 6.07) is 1.88. The first-order valence-corrected chi connectivity index (χ1v) is 7.59. The van der Waals surface area contributed by atoms with Crippen LogP contribution in [0.1, 0.15) is 47.0 Å². The van der Waals surface area contributed by atoms with Crippen LogP contribution in [0.2, 0.25) is 0 Å². The third-order valence-electron chi connectivity index (χ3n) is 3.84. The summed E-state index contributed by atoms with van der Waals surface area (Å²) in [6.45, 7) is 11.5. The van der Waals surface area contributed by atoms with E-state index in [1.165, 1.54) is 19.3 Å². The van der Waals surface area contributed by atoms with Gasteiger partial charge in [0, 0.05) is 24.7 Å². The van der Waals surface area contributed by atoms with Crippen LogP contribution in [0, 0.1) is 0 Å². The zero-order valence-corrected chi connectivity index (χ0v) is 13.7. The van der Waals surface area contributed by atoms with Crippen molar-refractivity contribution in [2.24, 2.45) is 0 Å². The lowest BCUT2D eigenvalue weighted by Crippen LogP contribution is -2.54. The van der Waals surface area contributed by atoms with Gasteiger partial charge in [-0.15, -0.1) is 0 Å². The molecule has 0 saturated carbocycles. The predicted octanol–water partition coefficient (Wildman–Crippen LogP) is 2.43. The number of rotatable bonds is 10. The van der Waals surface area contributed by atoms with Crippen LogP contribution in [0.15, 0.2) is 0 Å². The summed E-state index contributed by atoms with van der Waals surface area (Å²) in [6.07, 6.45) is 3.74. The Morgan fingerprint density at radius 1 is 1.11 bits per heavy atom. The molecule has 0 radical (unpaired) electrons. The number of hydrogen-bond donors (Lipinski definition) is 1. The first-order valence-electron chi connectivity index (χ1n) is 7.59. The van der Waals surface area contributed by atoms with E-state index in [2.05, 4.69) is 64.0 Å². The molecule has 0 aliphatic carbocycles. The van der Waals surface area contributed by atoms with Gasteiger partial charge in [0.15, 0.2) is 0 Å². The van der Waals surface area contributed by atoms with Crippen LogP contribution in [0.3, 0.4) is 0 Å². The zero-order chi connectivity index (χ0) is 14.1. The SMILES string of the molecule is CCCC(NC)C(CC)N(CC)C(C)CN(C)C. The number of nitrogens with zero attached hydrogens (tertiary/aromatic N) is 2. The van der Waals surface area contributed by atoms with Crippen molar-refractivity contribution < 1.29 is 0 Å². The maximum absolute atomic E-state index is 3.52. The van der Waals surface area contributed by atoms with Crippen molar-refractivity contribution >= 4 is 0 Å². The number of hydrogen-bond acceptors (Lipinski definition) is 3. The van der Waals surface area contributed by atoms with E-state index in [0.717, 1.165) is 13.1 Å². The Morgan fingerprint density at radius 2 is 1.72 bits per heavy atom. The maximum atomic E-state index is 3.52. The van der Waals surface area contributed by atoms with Crippen molar-refractivity contribution in [2.75, 3.05) is 34.2 Å². The molecule has 0 aromatic heterocycles. The van der Waals surface area contributed by atoms with Crippen LogP contribution in [-0.4, -0.2) is 62.2 Å². The molecule has 18 heavy (non-hydrogen) atoms. The summed E-state index contributed by atoms with van der Waals surface area (Å²) >= 11 is 0. The van der Waals surface area contributed by atoms with E-state index in [0.29, 0.717) is 18.1 Å². The van der Waals surface area contributed by atoms with E-state index >= 15 is 0 Å². The number of likely N-dealkylation sites (N-methyl/N-ethyl adjacent to an activating group) is 3. The lowest BCUT2D eigenvalue weighted by atomic mass is 9.97. The molecule has 0 aliphatic heterocycles. The summed E-state index contributed by atoms with van der Waals surface area (Å²) in [5.41, 5.74) is 0. The summed E-state index contributed by atoms with van der Waals surface area (Å²) in [4.78, 5) is 4.95. The lowest BCUT2D eigenvalue weighted by molar-refractivity contribution is 0.0970. The highest BCUT2D eigenvalue weighted by Crippen LogP contribution is 2.16. The largest absolute Gasteiger partial charge is 0.315 e. The highest BCUT2D eigenvalue weighted by molar-refractivity contribution is 4.85. The third-order valence-corrected chi connectivity index (χ3v) is 3.84. The lowest BCUT2D eigenvalue weighted by Gasteiger charge is -2.40. The van der Waals surface area contributed by atoms with E-state index in [1.807, 2.05) is 0 Å². The van der Waals surface area contributed by atoms with E-state index < -0.39 is 0 Å². The van der Waals surface area contributed by atoms with E-state index in [-0.39, 0.29) is 0 Å². The summed E-state index contributed by atoms with van der Waals surface area (Å²) in [5.74, 6) is 0. The van der Waals surface area contributed by atoms with Gasteiger partial charge >= 0.3 is 0 Å². The van der Waals surface area contributed by atoms with Crippen LogP contribution in [0.5, 0.6) is 0 Å². The van der Waals surface area contributed by atoms with Crippen LogP contribution < -0.4 is 5.32 Å². The molecule has 0 rings (SSSR count). The fourth-order valence-corrected chi connectivity index (χ4v) is 3.10. The maximum Gasteiger partial charge on any atom is 0.0249 e. The second-order valence-electron chi connectivity index (χ2n) is 5.60. The van der Waals surface area contributed by atoms with Gasteiger partial charge in [-0.25, -0.2) is 0 Å². The summed E-state index contributed by atoms with van der Waals surface area (Å²) < 4.78 is 0. The Kier molecular flexibility index (Phi) is 9.70. The topological polar surface area (TPSA) is 18.5 Å². The molecule has 0 aromatic carbocycles. The summed E-state index contributed by atoms with van der Waals surface area (Å²) in [7, 11) is 6.42. The Morgan fingerprint density at radius 3 is 2.06 bits per heavy atom. The first-order chi connectivity index (χ1) is 8.51. The Balaban J connectivity index is 4.72. The fraction of sp³-hybridized carbons (Fsp3) is 1.00. The van der Waals surface area contributed by atoms with Crippen LogP contribution >= 0.6 is 0 Å². The highest BCUT2D eigenvalue weighted by atomic mass is 15.2.